The van der Waals surface area contributed by atoms with E-state index in [2.05, 4.69) is 9.71 Å². The van der Waals surface area contributed by atoms with Crippen LogP contribution in [0.15, 0.2) is 35.4 Å². The van der Waals surface area contributed by atoms with Crippen molar-refractivity contribution in [2.75, 3.05) is 22.7 Å². The summed E-state index contributed by atoms with van der Waals surface area (Å²) in [6, 6.07) is 6.52. The van der Waals surface area contributed by atoms with Crippen molar-refractivity contribution in [2.24, 2.45) is 0 Å². The van der Waals surface area contributed by atoms with Crippen LogP contribution >= 0.6 is 0 Å². The minimum Gasteiger partial charge on any atom is -0.478 e. The number of aromatic nitrogens is 1. The van der Waals surface area contributed by atoms with Crippen molar-refractivity contribution >= 4 is 33.5 Å². The number of hydrogen-bond donors (Lipinski definition) is 3. The van der Waals surface area contributed by atoms with Gasteiger partial charge in [-0.1, -0.05) is 25.0 Å². The van der Waals surface area contributed by atoms with E-state index in [-0.39, 0.29) is 16.1 Å². The highest BCUT2D eigenvalue weighted by molar-refractivity contribution is 7.92. The molecule has 1 aliphatic heterocycles. The van der Waals surface area contributed by atoms with Crippen LogP contribution in [0.2, 0.25) is 0 Å². The van der Waals surface area contributed by atoms with Gasteiger partial charge in [-0.25, -0.2) is 23.0 Å². The van der Waals surface area contributed by atoms with Crippen LogP contribution in [0.3, 0.4) is 0 Å². The van der Waals surface area contributed by atoms with Gasteiger partial charge in [0.05, 0.1) is 16.8 Å². The van der Waals surface area contributed by atoms with E-state index in [9.17, 15) is 31.5 Å². The number of aromatic carboxylic acids is 1. The molecule has 0 unspecified atom stereocenters. The zero-order valence-electron chi connectivity index (χ0n) is 19.1. The topological polar surface area (TPSA) is 137 Å². The molecule has 1 fully saturated rings. The van der Waals surface area contributed by atoms with Gasteiger partial charge in [0.1, 0.15) is 11.4 Å². The first kappa shape index (κ1) is 27.9. The molecule has 2 heterocycles. The summed E-state index contributed by atoms with van der Waals surface area (Å²) in [4.78, 5) is 27.1. The predicted octanol–water partition coefficient (Wildman–Crippen LogP) is 4.21. The Bertz CT molecular complexity index is 1180. The third-order valence-corrected chi connectivity index (χ3v) is 6.65. The Morgan fingerprint density at radius 3 is 2.11 bits per heavy atom. The number of aliphatic carboxylic acids is 1. The minimum atomic E-state index is -5.08. The molecule has 0 spiro atoms. The summed E-state index contributed by atoms with van der Waals surface area (Å²) in [5, 5.41) is 16.8. The molecule has 9 nitrogen and oxygen atoms in total. The summed E-state index contributed by atoms with van der Waals surface area (Å²) in [5.74, 6) is -3.49. The fraction of sp³-hybridized carbons (Fsp3) is 0.409. The quantitative estimate of drug-likeness (QED) is 0.537. The zero-order valence-corrected chi connectivity index (χ0v) is 19.9. The fourth-order valence-electron chi connectivity index (χ4n) is 3.41. The molecular formula is C22H26F3N3O6S. The maximum absolute atomic E-state index is 12.8. The van der Waals surface area contributed by atoms with Gasteiger partial charge in [0.25, 0.3) is 10.0 Å². The van der Waals surface area contributed by atoms with Gasteiger partial charge in [-0.15, -0.1) is 0 Å². The van der Waals surface area contributed by atoms with Gasteiger partial charge < -0.3 is 15.1 Å². The van der Waals surface area contributed by atoms with Crippen molar-refractivity contribution in [3.63, 3.8) is 0 Å². The van der Waals surface area contributed by atoms with Crippen LogP contribution in [0.4, 0.5) is 24.7 Å². The van der Waals surface area contributed by atoms with Crippen LogP contribution in [0.1, 0.15) is 47.2 Å². The Morgan fingerprint density at radius 1 is 1.03 bits per heavy atom. The second kappa shape index (κ2) is 11.4. The molecule has 35 heavy (non-hydrogen) atoms. The standard InChI is InChI=1S/C20H25N3O4S.C2HF3O2/c1-14-7-8-15(2)18(11-14)28(26,27)22-16-12-17(20(24)25)19(21-13-16)23-9-5-3-4-6-10-23;3-2(4,5)1(6)7/h7-8,11-13,22H,3-6,9-10H2,1-2H3,(H,24,25);(H,6,7). The second-order valence-electron chi connectivity index (χ2n) is 7.98. The molecule has 0 atom stereocenters. The third kappa shape index (κ3) is 7.84. The molecular weight excluding hydrogens is 491 g/mol. The SMILES string of the molecule is Cc1ccc(C)c(S(=O)(=O)Nc2cnc(N3CCCCCC3)c(C(=O)O)c2)c1.O=C(O)C(F)(F)F. The molecule has 2 aromatic rings. The maximum atomic E-state index is 12.8. The van der Waals surface area contributed by atoms with Crippen molar-refractivity contribution in [2.45, 2.75) is 50.6 Å². The molecule has 0 amide bonds. The number of carboxylic acids is 2. The van der Waals surface area contributed by atoms with Crippen LogP contribution in [0, 0.1) is 13.8 Å². The van der Waals surface area contributed by atoms with Crippen molar-refractivity contribution < 1.29 is 41.4 Å². The number of benzene rings is 1. The van der Waals surface area contributed by atoms with E-state index >= 15 is 0 Å². The number of rotatable bonds is 5. The molecule has 0 radical (unpaired) electrons. The van der Waals surface area contributed by atoms with Crippen LogP contribution in [-0.4, -0.2) is 54.8 Å². The van der Waals surface area contributed by atoms with E-state index in [0.717, 1.165) is 44.3 Å². The molecule has 0 bridgehead atoms. The number of nitrogens with zero attached hydrogens (tertiary/aromatic N) is 2. The molecule has 0 aliphatic carbocycles. The number of sulfonamides is 1. The first-order valence-electron chi connectivity index (χ1n) is 10.6. The molecule has 1 aromatic carbocycles. The minimum absolute atomic E-state index is 0.00284. The van der Waals surface area contributed by atoms with Gasteiger partial charge >= 0.3 is 18.1 Å². The summed E-state index contributed by atoms with van der Waals surface area (Å²) >= 11 is 0. The average Bonchev–Trinajstić information content (AvgIpc) is 3.04. The van der Waals surface area contributed by atoms with Crippen molar-refractivity contribution in [3.8, 4) is 0 Å². The highest BCUT2D eigenvalue weighted by Crippen LogP contribution is 2.26. The lowest BCUT2D eigenvalue weighted by molar-refractivity contribution is -0.192. The smallest absolute Gasteiger partial charge is 0.478 e. The van der Waals surface area contributed by atoms with Crippen LogP contribution in [-0.2, 0) is 14.8 Å². The molecule has 0 saturated carbocycles. The van der Waals surface area contributed by atoms with E-state index in [1.807, 2.05) is 17.9 Å². The Kier molecular flexibility index (Phi) is 9.07. The number of carbonyl (C=O) groups is 2. The summed E-state index contributed by atoms with van der Waals surface area (Å²) in [6.45, 7) is 5.04. The first-order valence-corrected chi connectivity index (χ1v) is 12.1. The number of pyridine rings is 1. The molecule has 1 saturated heterocycles. The predicted molar refractivity (Wildman–Crippen MR) is 122 cm³/mol. The van der Waals surface area contributed by atoms with E-state index in [1.54, 1.807) is 19.1 Å². The lowest BCUT2D eigenvalue weighted by Crippen LogP contribution is -2.27. The van der Waals surface area contributed by atoms with Gasteiger partial charge in [0.15, 0.2) is 0 Å². The molecule has 3 rings (SSSR count). The molecule has 1 aromatic heterocycles. The van der Waals surface area contributed by atoms with Crippen molar-refractivity contribution in [3.05, 3.63) is 47.2 Å². The highest BCUT2D eigenvalue weighted by atomic mass is 32.2. The van der Waals surface area contributed by atoms with Crippen LogP contribution in [0.25, 0.3) is 0 Å². The van der Waals surface area contributed by atoms with Crippen molar-refractivity contribution in [1.29, 1.82) is 0 Å². The Morgan fingerprint density at radius 2 is 1.60 bits per heavy atom. The largest absolute Gasteiger partial charge is 0.490 e. The second-order valence-corrected chi connectivity index (χ2v) is 9.63. The number of hydrogen-bond acceptors (Lipinski definition) is 6. The van der Waals surface area contributed by atoms with Gasteiger partial charge in [-0.05, 0) is 49.9 Å². The molecule has 13 heteroatoms. The van der Waals surface area contributed by atoms with E-state index in [1.165, 1.54) is 12.3 Å². The molecule has 1 aliphatic rings. The Hall–Kier alpha value is -3.35. The van der Waals surface area contributed by atoms with E-state index in [0.29, 0.717) is 11.4 Å². The highest BCUT2D eigenvalue weighted by Gasteiger charge is 2.38. The molecule has 3 N–H and O–H groups in total. The summed E-state index contributed by atoms with van der Waals surface area (Å²) in [6.07, 6.45) is 0.512. The number of aryl methyl sites for hydroxylation is 2. The lowest BCUT2D eigenvalue weighted by Gasteiger charge is -2.23. The zero-order chi connectivity index (χ0) is 26.4. The van der Waals surface area contributed by atoms with Crippen LogP contribution in [0.5, 0.6) is 0 Å². The van der Waals surface area contributed by atoms with Crippen LogP contribution < -0.4 is 9.62 Å². The number of halogens is 3. The van der Waals surface area contributed by atoms with Gasteiger partial charge in [-0.2, -0.15) is 13.2 Å². The maximum Gasteiger partial charge on any atom is 0.490 e. The number of nitrogens with one attached hydrogen (secondary N) is 1. The summed E-state index contributed by atoms with van der Waals surface area (Å²) < 4.78 is 59.8. The van der Waals surface area contributed by atoms with E-state index < -0.39 is 28.1 Å². The summed E-state index contributed by atoms with van der Waals surface area (Å²) in [5.41, 5.74) is 1.58. The fourth-order valence-corrected chi connectivity index (χ4v) is 4.78. The molecule has 192 valence electrons. The van der Waals surface area contributed by atoms with Gasteiger partial charge in [0.2, 0.25) is 0 Å². The number of anilines is 2. The monoisotopic (exact) mass is 517 g/mol. The van der Waals surface area contributed by atoms with Gasteiger partial charge in [0, 0.05) is 13.1 Å². The average molecular weight is 518 g/mol. The Labute approximate surface area is 200 Å². The van der Waals surface area contributed by atoms with E-state index in [4.69, 9.17) is 9.90 Å². The normalized spacial score (nSPS) is 14.4. The lowest BCUT2D eigenvalue weighted by atomic mass is 10.2. The Balaban J connectivity index is 0.000000540. The van der Waals surface area contributed by atoms with Gasteiger partial charge in [-0.3, -0.25) is 4.72 Å². The number of alkyl halides is 3. The summed E-state index contributed by atoms with van der Waals surface area (Å²) in [7, 11) is -3.85. The number of carboxylic acid groups (broad SMARTS) is 2. The van der Waals surface area contributed by atoms with Crippen molar-refractivity contribution in [1.82, 2.24) is 4.98 Å². The third-order valence-electron chi connectivity index (χ3n) is 5.13. The first-order chi connectivity index (χ1) is 16.2.